The number of anilines is 1. The van der Waals surface area contributed by atoms with Crippen molar-refractivity contribution < 1.29 is 14.3 Å². The minimum Gasteiger partial charge on any atom is -0.496 e. The Kier molecular flexibility index (Phi) is 5.84. The van der Waals surface area contributed by atoms with Crippen LogP contribution < -0.4 is 15.2 Å². The van der Waals surface area contributed by atoms with Crippen LogP contribution in [0, 0.1) is 9.49 Å². The standard InChI is InChI=1S/C19H17IN4O3/c1-12-15(19(26)24(23-12)14-6-4-3-5-7-14)11-21-22-18(25)13-8-9-16(20)17(10-13)27-2/h3-11,15H,1-2H3,(H,22,25)/b21-11+/t15-/m0/s1. The first-order chi connectivity index (χ1) is 13.0. The smallest absolute Gasteiger partial charge is 0.271 e. The van der Waals surface area contributed by atoms with Gasteiger partial charge >= 0.3 is 0 Å². The molecule has 0 spiro atoms. The van der Waals surface area contributed by atoms with Gasteiger partial charge in [0.15, 0.2) is 0 Å². The molecule has 1 N–H and O–H groups in total. The van der Waals surface area contributed by atoms with Crippen LogP contribution in [-0.2, 0) is 4.79 Å². The molecule has 27 heavy (non-hydrogen) atoms. The van der Waals surface area contributed by atoms with Crippen molar-refractivity contribution in [2.75, 3.05) is 12.1 Å². The van der Waals surface area contributed by atoms with Crippen LogP contribution in [0.15, 0.2) is 58.7 Å². The Morgan fingerprint density at radius 3 is 2.74 bits per heavy atom. The van der Waals surface area contributed by atoms with Crippen molar-refractivity contribution >= 4 is 52.0 Å². The minimum atomic E-state index is -0.614. The van der Waals surface area contributed by atoms with E-state index in [2.05, 4.69) is 38.2 Å². The van der Waals surface area contributed by atoms with Crippen LogP contribution >= 0.6 is 22.6 Å². The van der Waals surface area contributed by atoms with Gasteiger partial charge in [0.2, 0.25) is 0 Å². The third-order valence-corrected chi connectivity index (χ3v) is 4.88. The van der Waals surface area contributed by atoms with Gasteiger partial charge in [0.1, 0.15) is 11.7 Å². The van der Waals surface area contributed by atoms with Crippen molar-refractivity contribution in [2.45, 2.75) is 6.92 Å². The van der Waals surface area contributed by atoms with E-state index in [0.29, 0.717) is 22.7 Å². The van der Waals surface area contributed by atoms with Gasteiger partial charge in [-0.05, 0) is 59.8 Å². The normalized spacial score (nSPS) is 16.6. The molecule has 1 aliphatic heterocycles. The third kappa shape index (κ3) is 4.16. The number of nitrogens with one attached hydrogen (secondary N) is 1. The number of methoxy groups -OCH3 is 1. The Balaban J connectivity index is 1.67. The molecule has 1 atom stereocenters. The number of carbonyl (C=O) groups excluding carboxylic acids is 2. The average molecular weight is 476 g/mol. The highest BCUT2D eigenvalue weighted by atomic mass is 127. The van der Waals surface area contributed by atoms with Gasteiger partial charge in [0.25, 0.3) is 11.8 Å². The maximum atomic E-state index is 12.6. The quantitative estimate of drug-likeness (QED) is 0.409. The molecule has 0 bridgehead atoms. The fraction of sp³-hybridized carbons (Fsp3) is 0.158. The van der Waals surface area contributed by atoms with Crippen LogP contribution in [0.1, 0.15) is 17.3 Å². The highest BCUT2D eigenvalue weighted by Gasteiger charge is 2.33. The van der Waals surface area contributed by atoms with Crippen LogP contribution in [0.25, 0.3) is 0 Å². The van der Waals surface area contributed by atoms with Crippen LogP contribution in [0.2, 0.25) is 0 Å². The predicted molar refractivity (Wildman–Crippen MR) is 112 cm³/mol. The highest BCUT2D eigenvalue weighted by molar-refractivity contribution is 14.1. The molecular weight excluding hydrogens is 459 g/mol. The molecule has 0 unspecified atom stereocenters. The highest BCUT2D eigenvalue weighted by Crippen LogP contribution is 2.23. The fourth-order valence-electron chi connectivity index (χ4n) is 2.54. The average Bonchev–Trinajstić information content (AvgIpc) is 2.97. The summed E-state index contributed by atoms with van der Waals surface area (Å²) in [6, 6.07) is 14.3. The zero-order valence-electron chi connectivity index (χ0n) is 14.7. The van der Waals surface area contributed by atoms with Crippen LogP contribution in [-0.4, -0.2) is 30.9 Å². The van der Waals surface area contributed by atoms with Crippen molar-refractivity contribution in [1.82, 2.24) is 5.43 Å². The van der Waals surface area contributed by atoms with Crippen LogP contribution in [0.3, 0.4) is 0 Å². The molecule has 3 rings (SSSR count). The number of rotatable bonds is 5. The number of halogens is 1. The van der Waals surface area contributed by atoms with Gasteiger partial charge in [0.05, 0.1) is 22.1 Å². The Labute approximate surface area is 170 Å². The van der Waals surface area contributed by atoms with Gasteiger partial charge in [-0.1, -0.05) is 18.2 Å². The Morgan fingerprint density at radius 2 is 2.04 bits per heavy atom. The molecule has 0 radical (unpaired) electrons. The van der Waals surface area contributed by atoms with E-state index in [4.69, 9.17) is 4.74 Å². The molecule has 2 amide bonds. The first-order valence-corrected chi connectivity index (χ1v) is 9.20. The van der Waals surface area contributed by atoms with Crippen molar-refractivity contribution in [3.05, 3.63) is 57.7 Å². The Morgan fingerprint density at radius 1 is 1.30 bits per heavy atom. The second kappa shape index (κ2) is 8.30. The van der Waals surface area contributed by atoms with Gasteiger partial charge in [-0.2, -0.15) is 15.2 Å². The Bertz CT molecular complexity index is 928. The zero-order chi connectivity index (χ0) is 19.4. The number of hydrazone groups is 2. The van der Waals surface area contributed by atoms with Gasteiger partial charge in [-0.25, -0.2) is 5.43 Å². The van der Waals surface area contributed by atoms with E-state index < -0.39 is 5.92 Å². The van der Waals surface area contributed by atoms with E-state index in [1.165, 1.54) is 11.2 Å². The maximum Gasteiger partial charge on any atom is 0.271 e. The first-order valence-electron chi connectivity index (χ1n) is 8.12. The second-order valence-electron chi connectivity index (χ2n) is 5.77. The lowest BCUT2D eigenvalue weighted by Gasteiger charge is -2.12. The molecule has 1 aliphatic rings. The van der Waals surface area contributed by atoms with Crippen LogP contribution in [0.5, 0.6) is 5.75 Å². The topological polar surface area (TPSA) is 83.4 Å². The number of hydrogen-bond donors (Lipinski definition) is 1. The van der Waals surface area contributed by atoms with Crippen LogP contribution in [0.4, 0.5) is 5.69 Å². The van der Waals surface area contributed by atoms with E-state index in [0.717, 1.165) is 3.57 Å². The number of ether oxygens (including phenoxy) is 1. The zero-order valence-corrected chi connectivity index (χ0v) is 16.9. The fourth-order valence-corrected chi connectivity index (χ4v) is 3.10. The lowest BCUT2D eigenvalue weighted by Crippen LogP contribution is -2.29. The number of benzene rings is 2. The number of para-hydroxylation sites is 1. The minimum absolute atomic E-state index is 0.215. The van der Waals surface area contributed by atoms with Gasteiger partial charge in [-0.3, -0.25) is 9.59 Å². The molecule has 7 nitrogen and oxygen atoms in total. The molecular formula is C19H17IN4O3. The van der Waals surface area contributed by atoms with Crippen molar-refractivity contribution in [1.29, 1.82) is 0 Å². The van der Waals surface area contributed by atoms with E-state index >= 15 is 0 Å². The van der Waals surface area contributed by atoms with Gasteiger partial charge in [-0.15, -0.1) is 0 Å². The third-order valence-electron chi connectivity index (χ3n) is 3.99. The summed E-state index contributed by atoms with van der Waals surface area (Å²) in [5.41, 5.74) is 4.15. The van der Waals surface area contributed by atoms with E-state index in [1.807, 2.05) is 18.2 Å². The van der Waals surface area contributed by atoms with Crippen molar-refractivity contribution in [2.24, 2.45) is 16.1 Å². The second-order valence-corrected chi connectivity index (χ2v) is 6.94. The molecule has 0 saturated heterocycles. The number of hydrogen-bond acceptors (Lipinski definition) is 5. The molecule has 0 aliphatic carbocycles. The summed E-state index contributed by atoms with van der Waals surface area (Å²) < 4.78 is 6.11. The summed E-state index contributed by atoms with van der Waals surface area (Å²) in [6.07, 6.45) is 1.39. The van der Waals surface area contributed by atoms with E-state index in [-0.39, 0.29) is 11.8 Å². The summed E-state index contributed by atoms with van der Waals surface area (Å²) in [6.45, 7) is 1.75. The van der Waals surface area contributed by atoms with E-state index in [9.17, 15) is 9.59 Å². The first kappa shape index (κ1) is 19.0. The number of amides is 2. The van der Waals surface area contributed by atoms with Crippen molar-refractivity contribution in [3.8, 4) is 5.75 Å². The molecule has 2 aromatic carbocycles. The summed E-state index contributed by atoms with van der Waals surface area (Å²) >= 11 is 2.12. The maximum absolute atomic E-state index is 12.6. The molecule has 138 valence electrons. The van der Waals surface area contributed by atoms with Gasteiger partial charge < -0.3 is 4.74 Å². The molecule has 0 aromatic heterocycles. The molecule has 1 heterocycles. The molecule has 0 fully saturated rings. The SMILES string of the molecule is COc1cc(C(=O)N/N=C/[C@@H]2C(=O)N(c3ccccc3)N=C2C)ccc1I. The summed E-state index contributed by atoms with van der Waals surface area (Å²) in [5, 5.41) is 9.57. The summed E-state index contributed by atoms with van der Waals surface area (Å²) in [7, 11) is 1.55. The Hall–Kier alpha value is -2.75. The van der Waals surface area contributed by atoms with Crippen molar-refractivity contribution in [3.63, 3.8) is 0 Å². The van der Waals surface area contributed by atoms with Gasteiger partial charge in [0, 0.05) is 11.8 Å². The summed E-state index contributed by atoms with van der Waals surface area (Å²) in [4.78, 5) is 24.8. The molecule has 8 heteroatoms. The number of nitrogens with zero attached hydrogens (tertiary/aromatic N) is 3. The molecule has 2 aromatic rings. The molecule has 0 saturated carbocycles. The lowest BCUT2D eigenvalue weighted by atomic mass is 10.1. The lowest BCUT2D eigenvalue weighted by molar-refractivity contribution is -0.118. The predicted octanol–water partition coefficient (Wildman–Crippen LogP) is 3.05. The monoisotopic (exact) mass is 476 g/mol. The van der Waals surface area contributed by atoms with E-state index in [1.54, 1.807) is 44.4 Å². The summed E-state index contributed by atoms with van der Waals surface area (Å²) in [5.74, 6) is -0.606. The number of carbonyl (C=O) groups is 2. The largest absolute Gasteiger partial charge is 0.496 e.